The van der Waals surface area contributed by atoms with Crippen LogP contribution in [0, 0.1) is 0 Å². The zero-order valence-corrected chi connectivity index (χ0v) is 13.1. The van der Waals surface area contributed by atoms with E-state index in [-0.39, 0.29) is 33.1 Å². The van der Waals surface area contributed by atoms with E-state index in [9.17, 15) is 11.4 Å². The summed E-state index contributed by atoms with van der Waals surface area (Å²) in [5.41, 5.74) is 0. The molecule has 79 valence electrons. The van der Waals surface area contributed by atoms with E-state index < -0.39 is 34.6 Å². The number of benzene rings is 1. The monoisotopic (exact) mass is 351 g/mol. The number of hydrogen-bond acceptors (Lipinski definition) is 3. The van der Waals surface area contributed by atoms with Gasteiger partial charge in [0.1, 0.15) is 0 Å². The third kappa shape index (κ3) is 4.58. The molecule has 1 rings (SSSR count). The summed E-state index contributed by atoms with van der Waals surface area (Å²) in [5, 5.41) is 0. The van der Waals surface area contributed by atoms with Crippen LogP contribution in [0.5, 0.6) is 0 Å². The summed E-state index contributed by atoms with van der Waals surface area (Å²) in [5.74, 6) is 0. The Bertz CT molecular complexity index is 475. The molecule has 0 spiro atoms. The van der Waals surface area contributed by atoms with E-state index in [1.54, 1.807) is 0 Å². The predicted molar refractivity (Wildman–Crippen MR) is 52.5 cm³/mol. The second-order valence-electron chi connectivity index (χ2n) is 2.51. The van der Waals surface area contributed by atoms with Gasteiger partial charge in [-0.2, -0.15) is 0 Å². The first kappa shape index (κ1) is 15.7. The molecule has 0 heterocycles. The van der Waals surface area contributed by atoms with Gasteiger partial charge in [0.2, 0.25) is 0 Å². The van der Waals surface area contributed by atoms with E-state index >= 15 is 0 Å². The van der Waals surface area contributed by atoms with Gasteiger partial charge >= 0.3 is 85.2 Å². The first-order valence-electron chi connectivity index (χ1n) is 3.35. The Morgan fingerprint density at radius 3 is 1.73 bits per heavy atom. The first-order chi connectivity index (χ1) is 6.21. The van der Waals surface area contributed by atoms with Crippen LogP contribution in [0.25, 0.3) is 0 Å². The average molecular weight is 352 g/mol. The topological polar surface area (TPSA) is 112 Å². The van der Waals surface area contributed by atoms with E-state index in [1.807, 2.05) is 0 Å². The Balaban J connectivity index is 0.00000196. The average Bonchev–Trinajstić information content (AvgIpc) is 2.01. The Kier molecular flexibility index (Phi) is 5.57. The van der Waals surface area contributed by atoms with Crippen molar-refractivity contribution in [3.8, 4) is 0 Å². The van der Waals surface area contributed by atoms with Crippen molar-refractivity contribution in [2.45, 2.75) is 4.90 Å². The molecular formula is C6H7NaO6SSb. The maximum Gasteiger partial charge on any atom is 0 e. The van der Waals surface area contributed by atoms with Crippen LogP contribution in [0.3, 0.4) is 0 Å². The summed E-state index contributed by atoms with van der Waals surface area (Å²) in [6.45, 7) is 0. The van der Waals surface area contributed by atoms with Gasteiger partial charge in [-0.3, -0.25) is 0 Å². The fourth-order valence-corrected chi connectivity index (χ4v) is 2.83. The van der Waals surface area contributed by atoms with Gasteiger partial charge < -0.3 is 0 Å². The van der Waals surface area contributed by atoms with Gasteiger partial charge in [-0.25, -0.2) is 0 Å². The fraction of sp³-hybridized carbons (Fsp3) is 0. The molecule has 0 unspecified atom stereocenters. The largest absolute Gasteiger partial charge is 0 e. The van der Waals surface area contributed by atoms with Crippen LogP contribution in [0.1, 0.15) is 0 Å². The van der Waals surface area contributed by atoms with Gasteiger partial charge in [-0.1, -0.05) is 0 Å². The minimum atomic E-state index is -5.25. The fourth-order valence-electron chi connectivity index (χ4n) is 0.812. The van der Waals surface area contributed by atoms with Crippen LogP contribution in [0.2, 0.25) is 0 Å². The van der Waals surface area contributed by atoms with Crippen LogP contribution >= 0.6 is 0 Å². The van der Waals surface area contributed by atoms with Crippen molar-refractivity contribution in [1.29, 1.82) is 0 Å². The van der Waals surface area contributed by atoms with Gasteiger partial charge in [0.25, 0.3) is 0 Å². The van der Waals surface area contributed by atoms with Crippen molar-refractivity contribution >= 4 is 62.8 Å². The maximum absolute atomic E-state index is 10.8. The summed E-state index contributed by atoms with van der Waals surface area (Å²) >= 11 is -5.25. The molecule has 0 atom stereocenters. The van der Waals surface area contributed by atoms with Gasteiger partial charge in [-0.15, -0.1) is 0 Å². The summed E-state index contributed by atoms with van der Waals surface area (Å²) in [6, 6.07) is 3.86. The molecule has 0 amide bonds. The predicted octanol–water partition coefficient (Wildman–Crippen LogP) is -1.89. The van der Waals surface area contributed by atoms with Gasteiger partial charge in [0.15, 0.2) is 0 Å². The number of rotatable bonds is 2. The van der Waals surface area contributed by atoms with E-state index in [2.05, 4.69) is 0 Å². The van der Waals surface area contributed by atoms with Crippen molar-refractivity contribution in [2.24, 2.45) is 0 Å². The summed E-state index contributed by atoms with van der Waals surface area (Å²) in [7, 11) is -4.31. The van der Waals surface area contributed by atoms with Crippen LogP contribution < -0.4 is 3.51 Å². The second-order valence-corrected chi connectivity index (χ2v) is 8.51. The zero-order valence-electron chi connectivity index (χ0n) is 7.73. The molecule has 3 N–H and O–H groups in total. The van der Waals surface area contributed by atoms with Crippen LogP contribution in [0.15, 0.2) is 29.2 Å². The summed E-state index contributed by atoms with van der Waals surface area (Å²) in [6.07, 6.45) is 0. The maximum atomic E-state index is 10.8. The normalized spacial score (nSPS) is 11.9. The molecule has 9 heteroatoms. The summed E-state index contributed by atoms with van der Waals surface area (Å²) < 4.78 is 57.8. The smallest absolute Gasteiger partial charge is 0 e. The third-order valence-electron chi connectivity index (χ3n) is 1.47. The van der Waals surface area contributed by atoms with Crippen LogP contribution in [-0.2, 0) is 13.1 Å². The molecule has 15 heavy (non-hydrogen) atoms. The minimum absolute atomic E-state index is 0. The van der Waals surface area contributed by atoms with Gasteiger partial charge in [0, 0.05) is 29.6 Å². The molecule has 1 radical (unpaired) electrons. The Hall–Kier alpha value is 0.668. The molecule has 0 aromatic heterocycles. The molecule has 1 aromatic rings. The van der Waals surface area contributed by atoms with E-state index in [0.717, 1.165) is 24.3 Å². The Morgan fingerprint density at radius 2 is 1.47 bits per heavy atom. The molecule has 0 aliphatic carbocycles. The Labute approximate surface area is 113 Å². The van der Waals surface area contributed by atoms with E-state index in [1.165, 1.54) is 0 Å². The van der Waals surface area contributed by atoms with Crippen LogP contribution in [-0.4, -0.2) is 68.9 Å². The van der Waals surface area contributed by atoms with Crippen molar-refractivity contribution < 1.29 is 22.8 Å². The quantitative estimate of drug-likeness (QED) is 0.424. The SMILES string of the molecule is O=S(=O)(O)c1cc[c]([Sb](=[O])([OH])[OH])cc1.[Na]. The van der Waals surface area contributed by atoms with Crippen molar-refractivity contribution in [3.05, 3.63) is 24.3 Å². The number of hydrogen-bond donors (Lipinski definition) is 3. The first-order valence-corrected chi connectivity index (χ1v) is 9.39. The van der Waals surface area contributed by atoms with Gasteiger partial charge in [0.05, 0.1) is 0 Å². The molecule has 0 aliphatic rings. The van der Waals surface area contributed by atoms with Crippen molar-refractivity contribution in [3.63, 3.8) is 0 Å². The standard InChI is InChI=1S/C6H5O3S.Na.2H2O.O.Sb/c7-10(8,9)6-4-2-1-3-5-6;;;;;/h2-5H,(H,7,8,9);;2*1H2;;/q;;;;;+2/p-2. The molecule has 0 bridgehead atoms. The molecular weight excluding hydrogens is 345 g/mol. The van der Waals surface area contributed by atoms with E-state index in [0.29, 0.717) is 0 Å². The molecule has 0 aliphatic heterocycles. The van der Waals surface area contributed by atoms with Crippen LogP contribution in [0.4, 0.5) is 0 Å². The molecule has 0 saturated heterocycles. The Morgan fingerprint density at radius 1 is 1.07 bits per heavy atom. The van der Waals surface area contributed by atoms with Crippen molar-refractivity contribution in [1.82, 2.24) is 0 Å². The van der Waals surface area contributed by atoms with Gasteiger partial charge in [-0.05, 0) is 0 Å². The minimum Gasteiger partial charge on any atom is 0 e. The molecule has 0 saturated carbocycles. The zero-order chi connectivity index (χ0) is 11.0. The second kappa shape index (κ2) is 5.33. The van der Waals surface area contributed by atoms with E-state index in [4.69, 9.17) is 11.3 Å². The molecule has 0 fully saturated rings. The molecule has 1 aromatic carbocycles. The third-order valence-corrected chi connectivity index (χ3v) is 5.11. The molecule has 6 nitrogen and oxygen atoms in total. The summed E-state index contributed by atoms with van der Waals surface area (Å²) in [4.78, 5) is -0.393. The van der Waals surface area contributed by atoms with Crippen molar-refractivity contribution in [2.75, 3.05) is 0 Å².